The van der Waals surface area contributed by atoms with E-state index in [1.807, 2.05) is 0 Å². The lowest BCUT2D eigenvalue weighted by atomic mass is 10.0. The van der Waals surface area contributed by atoms with Gasteiger partial charge in [-0.25, -0.2) is 4.57 Å². The van der Waals surface area contributed by atoms with Gasteiger partial charge in [-0.05, 0) is 36.0 Å². The first-order chi connectivity index (χ1) is 22.8. The molecule has 0 N–H and O–H groups in total. The van der Waals surface area contributed by atoms with Crippen molar-refractivity contribution >= 4 is 0 Å². The fourth-order valence-electron chi connectivity index (χ4n) is 6.73. The molecule has 46 heavy (non-hydrogen) atoms. The second kappa shape index (κ2) is 25.6. The molecule has 2 heteroatoms. The second-order valence-electron chi connectivity index (χ2n) is 14.0. The smallest absolute Gasteiger partial charge is 0.205 e. The van der Waals surface area contributed by atoms with E-state index in [1.54, 1.807) is 0 Å². The van der Waals surface area contributed by atoms with Crippen molar-refractivity contribution in [3.63, 3.8) is 0 Å². The standard InChI is InChI=1S/C44H70N2/c1-3-5-7-9-11-13-15-16-17-18-20-22-24-26-36-45-37-32-42(33-38-45)43-34-39-46(40-35-43)44-30-28-41(29-31-44)27-25-23-21-19-14-12-10-8-6-4-2/h28-35,37-40H,3-27,36H2,1-2H3/q+2. The molecular weight excluding hydrogens is 556 g/mol. The predicted octanol–water partition coefficient (Wildman–Crippen LogP) is 12.9. The van der Waals surface area contributed by atoms with Crippen LogP contribution in [0.4, 0.5) is 0 Å². The molecule has 0 aliphatic carbocycles. The van der Waals surface area contributed by atoms with E-state index < -0.39 is 0 Å². The third-order valence-corrected chi connectivity index (χ3v) is 9.88. The minimum absolute atomic E-state index is 1.13. The highest BCUT2D eigenvalue weighted by Gasteiger charge is 2.09. The second-order valence-corrected chi connectivity index (χ2v) is 14.0. The number of hydrogen-bond donors (Lipinski definition) is 0. The summed E-state index contributed by atoms with van der Waals surface area (Å²) >= 11 is 0. The number of rotatable bonds is 28. The highest BCUT2D eigenvalue weighted by molar-refractivity contribution is 5.61. The van der Waals surface area contributed by atoms with Gasteiger partial charge in [-0.1, -0.05) is 161 Å². The van der Waals surface area contributed by atoms with E-state index >= 15 is 0 Å². The van der Waals surface area contributed by atoms with Crippen molar-refractivity contribution in [3.05, 3.63) is 78.9 Å². The van der Waals surface area contributed by atoms with Crippen molar-refractivity contribution in [2.24, 2.45) is 0 Å². The van der Waals surface area contributed by atoms with Crippen molar-refractivity contribution < 1.29 is 9.13 Å². The molecule has 3 aromatic rings. The van der Waals surface area contributed by atoms with Crippen LogP contribution in [0.1, 0.15) is 174 Å². The molecule has 0 radical (unpaired) electrons. The summed E-state index contributed by atoms with van der Waals surface area (Å²) in [4.78, 5) is 0. The maximum absolute atomic E-state index is 2.35. The SMILES string of the molecule is CCCCCCCCCCCCCCCC[n+]1ccc(-c2cc[n+](-c3ccc(CCCCCCCCCCCC)cc3)cc2)cc1. The van der Waals surface area contributed by atoms with E-state index in [-0.39, 0.29) is 0 Å². The van der Waals surface area contributed by atoms with Gasteiger partial charge in [0.15, 0.2) is 24.8 Å². The fraction of sp³-hybridized carbons (Fsp3) is 0.636. The number of unbranched alkanes of at least 4 members (excludes halogenated alkanes) is 22. The van der Waals surface area contributed by atoms with Crippen LogP contribution in [0.15, 0.2) is 73.3 Å². The summed E-state index contributed by atoms with van der Waals surface area (Å²) in [5.74, 6) is 0. The van der Waals surface area contributed by atoms with Crippen molar-refractivity contribution in [1.82, 2.24) is 0 Å². The van der Waals surface area contributed by atoms with Gasteiger partial charge in [-0.3, -0.25) is 0 Å². The first-order valence-electron chi connectivity index (χ1n) is 19.9. The zero-order chi connectivity index (χ0) is 32.3. The molecule has 2 nitrogen and oxygen atoms in total. The van der Waals surface area contributed by atoms with Gasteiger partial charge in [0, 0.05) is 42.8 Å². The first-order valence-corrected chi connectivity index (χ1v) is 19.9. The first kappa shape index (κ1) is 38.0. The number of nitrogens with zero attached hydrogens (tertiary/aromatic N) is 2. The summed E-state index contributed by atoms with van der Waals surface area (Å²) in [5, 5.41) is 0. The van der Waals surface area contributed by atoms with E-state index in [9.17, 15) is 0 Å². The molecule has 1 aromatic carbocycles. The molecule has 0 amide bonds. The topological polar surface area (TPSA) is 7.76 Å². The maximum Gasteiger partial charge on any atom is 0.210 e. The van der Waals surface area contributed by atoms with Gasteiger partial charge in [-0.15, -0.1) is 0 Å². The minimum Gasteiger partial charge on any atom is -0.205 e. The normalized spacial score (nSPS) is 11.3. The summed E-state index contributed by atoms with van der Waals surface area (Å²) in [7, 11) is 0. The minimum atomic E-state index is 1.13. The summed E-state index contributed by atoms with van der Waals surface area (Å²) in [6.07, 6.45) is 43.9. The van der Waals surface area contributed by atoms with Gasteiger partial charge in [0.2, 0.25) is 5.69 Å². The number of aromatic nitrogens is 2. The van der Waals surface area contributed by atoms with Crippen LogP contribution >= 0.6 is 0 Å². The maximum atomic E-state index is 2.35. The van der Waals surface area contributed by atoms with Crippen LogP contribution in [0, 0.1) is 0 Å². The van der Waals surface area contributed by atoms with E-state index in [4.69, 9.17) is 0 Å². The van der Waals surface area contributed by atoms with Gasteiger partial charge in [0.1, 0.15) is 6.54 Å². The molecule has 0 aliphatic rings. The summed E-state index contributed by atoms with van der Waals surface area (Å²) in [6.45, 7) is 5.72. The van der Waals surface area contributed by atoms with E-state index in [1.165, 1.54) is 183 Å². The van der Waals surface area contributed by atoms with Crippen molar-refractivity contribution in [2.45, 2.75) is 181 Å². The zero-order valence-corrected chi connectivity index (χ0v) is 30.2. The summed E-state index contributed by atoms with van der Waals surface area (Å²) in [6, 6.07) is 18.2. The Balaban J connectivity index is 1.24. The third-order valence-electron chi connectivity index (χ3n) is 9.88. The Morgan fingerprint density at radius 3 is 1.17 bits per heavy atom. The highest BCUT2D eigenvalue weighted by atomic mass is 14.9. The molecule has 0 spiro atoms. The Bertz CT molecular complexity index is 1100. The fourth-order valence-corrected chi connectivity index (χ4v) is 6.73. The van der Waals surface area contributed by atoms with Gasteiger partial charge in [-0.2, -0.15) is 4.57 Å². The zero-order valence-electron chi connectivity index (χ0n) is 30.2. The highest BCUT2D eigenvalue weighted by Crippen LogP contribution is 2.18. The lowest BCUT2D eigenvalue weighted by Crippen LogP contribution is -2.32. The molecule has 2 aromatic heterocycles. The molecule has 0 fully saturated rings. The lowest BCUT2D eigenvalue weighted by Gasteiger charge is -2.04. The van der Waals surface area contributed by atoms with Crippen LogP contribution in [-0.4, -0.2) is 0 Å². The van der Waals surface area contributed by atoms with Crippen LogP contribution in [0.2, 0.25) is 0 Å². The Kier molecular flexibility index (Phi) is 21.1. The third kappa shape index (κ3) is 16.9. The van der Waals surface area contributed by atoms with E-state index in [0.29, 0.717) is 0 Å². The Morgan fingerprint density at radius 2 is 0.739 bits per heavy atom. The average Bonchev–Trinajstić information content (AvgIpc) is 3.10. The molecule has 2 heterocycles. The average molecular weight is 627 g/mol. The lowest BCUT2D eigenvalue weighted by molar-refractivity contribution is -0.697. The van der Waals surface area contributed by atoms with Crippen LogP contribution < -0.4 is 9.13 Å². The number of benzene rings is 1. The molecule has 0 atom stereocenters. The monoisotopic (exact) mass is 627 g/mol. The molecule has 0 bridgehead atoms. The molecule has 0 saturated carbocycles. The van der Waals surface area contributed by atoms with Crippen molar-refractivity contribution in [2.75, 3.05) is 0 Å². The summed E-state index contributed by atoms with van der Waals surface area (Å²) in [5.41, 5.74) is 5.26. The Morgan fingerprint density at radius 1 is 0.370 bits per heavy atom. The van der Waals surface area contributed by atoms with Crippen LogP contribution in [0.3, 0.4) is 0 Å². The molecule has 254 valence electrons. The van der Waals surface area contributed by atoms with E-state index in [2.05, 4.69) is 96.3 Å². The van der Waals surface area contributed by atoms with Crippen LogP contribution in [0.5, 0.6) is 0 Å². The molecule has 0 saturated heterocycles. The number of hydrogen-bond acceptors (Lipinski definition) is 0. The van der Waals surface area contributed by atoms with Crippen molar-refractivity contribution in [3.8, 4) is 16.8 Å². The molecule has 0 unspecified atom stereocenters. The number of pyridine rings is 2. The largest absolute Gasteiger partial charge is 0.210 e. The Hall–Kier alpha value is -2.48. The van der Waals surface area contributed by atoms with Crippen LogP contribution in [-0.2, 0) is 13.0 Å². The van der Waals surface area contributed by atoms with Gasteiger partial charge in [0.25, 0.3) is 0 Å². The summed E-state index contributed by atoms with van der Waals surface area (Å²) < 4.78 is 4.58. The molecular formula is C44H70N2+2. The Labute approximate surface area is 285 Å². The van der Waals surface area contributed by atoms with Crippen molar-refractivity contribution in [1.29, 1.82) is 0 Å². The van der Waals surface area contributed by atoms with Gasteiger partial charge < -0.3 is 0 Å². The quantitative estimate of drug-likeness (QED) is 0.0559. The molecule has 3 rings (SSSR count). The van der Waals surface area contributed by atoms with Gasteiger partial charge in [0.05, 0.1) is 0 Å². The van der Waals surface area contributed by atoms with Crippen LogP contribution in [0.25, 0.3) is 16.8 Å². The predicted molar refractivity (Wildman–Crippen MR) is 199 cm³/mol. The van der Waals surface area contributed by atoms with Gasteiger partial charge >= 0.3 is 0 Å². The number of aryl methyl sites for hydroxylation is 2. The molecule has 0 aliphatic heterocycles. The van der Waals surface area contributed by atoms with E-state index in [0.717, 1.165) is 6.54 Å².